The summed E-state index contributed by atoms with van der Waals surface area (Å²) >= 11 is 0. The Morgan fingerprint density at radius 2 is 2.31 bits per heavy atom. The van der Waals surface area contributed by atoms with Gasteiger partial charge in [0.15, 0.2) is 0 Å². The molecule has 1 saturated heterocycles. The molecule has 2 heterocycles. The molecule has 2 atom stereocenters. The van der Waals surface area contributed by atoms with Crippen LogP contribution in [0.15, 0.2) is 23.0 Å². The van der Waals surface area contributed by atoms with Crippen LogP contribution in [-0.4, -0.2) is 6.54 Å². The maximum atomic E-state index is 5.11. The average Bonchev–Trinajstić information content (AvgIpc) is 2.46. The third kappa shape index (κ3) is 1.12. The molecule has 3 rings (SSSR count). The van der Waals surface area contributed by atoms with E-state index in [0.29, 0.717) is 6.04 Å². The highest BCUT2D eigenvalue weighted by atomic mass is 16.3. The fraction of sp³-hybridized carbons (Fsp3) is 0.636. The second-order valence-electron chi connectivity index (χ2n) is 4.30. The van der Waals surface area contributed by atoms with Crippen LogP contribution in [0.3, 0.4) is 0 Å². The summed E-state index contributed by atoms with van der Waals surface area (Å²) in [5.41, 5.74) is 1.34. The molecule has 0 radical (unpaired) electrons. The van der Waals surface area contributed by atoms with Gasteiger partial charge in [0.2, 0.25) is 0 Å². The van der Waals surface area contributed by atoms with Crippen molar-refractivity contribution in [3.63, 3.8) is 0 Å². The molecule has 2 fully saturated rings. The van der Waals surface area contributed by atoms with Crippen LogP contribution in [-0.2, 0) is 0 Å². The Kier molecular flexibility index (Phi) is 1.69. The highest BCUT2D eigenvalue weighted by molar-refractivity contribution is 5.17. The van der Waals surface area contributed by atoms with E-state index in [1.165, 1.54) is 31.4 Å². The largest absolute Gasteiger partial charge is 0.472 e. The number of nitrogens with one attached hydrogen (secondary N) is 1. The minimum atomic E-state index is 0.587. The first kappa shape index (κ1) is 7.63. The van der Waals surface area contributed by atoms with Gasteiger partial charge >= 0.3 is 0 Å². The number of hydrogen-bond acceptors (Lipinski definition) is 2. The molecule has 0 aromatic carbocycles. The van der Waals surface area contributed by atoms with Crippen molar-refractivity contribution in [3.05, 3.63) is 24.2 Å². The van der Waals surface area contributed by atoms with E-state index in [4.69, 9.17) is 4.42 Å². The van der Waals surface area contributed by atoms with Crippen LogP contribution in [0.25, 0.3) is 0 Å². The molecule has 2 aliphatic rings. The number of hydrogen-bond donors (Lipinski definition) is 1. The molecule has 0 bridgehead atoms. The zero-order valence-corrected chi connectivity index (χ0v) is 7.70. The van der Waals surface area contributed by atoms with Crippen LogP contribution >= 0.6 is 0 Å². The van der Waals surface area contributed by atoms with Crippen molar-refractivity contribution in [1.82, 2.24) is 5.32 Å². The van der Waals surface area contributed by atoms with Crippen molar-refractivity contribution >= 4 is 0 Å². The van der Waals surface area contributed by atoms with Crippen LogP contribution < -0.4 is 5.32 Å². The molecule has 2 nitrogen and oxygen atoms in total. The van der Waals surface area contributed by atoms with E-state index < -0.39 is 0 Å². The van der Waals surface area contributed by atoms with E-state index in [1.54, 1.807) is 6.26 Å². The summed E-state index contributed by atoms with van der Waals surface area (Å²) in [4.78, 5) is 0. The van der Waals surface area contributed by atoms with E-state index in [0.717, 1.165) is 11.8 Å². The molecule has 0 amide bonds. The zero-order chi connectivity index (χ0) is 8.67. The Morgan fingerprint density at radius 3 is 2.77 bits per heavy atom. The Hall–Kier alpha value is -0.760. The van der Waals surface area contributed by atoms with Crippen LogP contribution in [0.5, 0.6) is 0 Å². The third-order valence-corrected chi connectivity index (χ3v) is 3.66. The molecular weight excluding hydrogens is 162 g/mol. The Morgan fingerprint density at radius 1 is 1.38 bits per heavy atom. The van der Waals surface area contributed by atoms with Crippen LogP contribution in [0.4, 0.5) is 0 Å². The number of rotatable bonds is 2. The van der Waals surface area contributed by atoms with E-state index in [2.05, 4.69) is 11.4 Å². The molecule has 0 spiro atoms. The molecule has 13 heavy (non-hydrogen) atoms. The minimum Gasteiger partial charge on any atom is -0.472 e. The van der Waals surface area contributed by atoms with Gasteiger partial charge in [-0.25, -0.2) is 0 Å². The van der Waals surface area contributed by atoms with Gasteiger partial charge in [-0.05, 0) is 17.9 Å². The van der Waals surface area contributed by atoms with Gasteiger partial charge in [-0.15, -0.1) is 0 Å². The molecule has 2 unspecified atom stereocenters. The lowest BCUT2D eigenvalue weighted by Gasteiger charge is -2.46. The summed E-state index contributed by atoms with van der Waals surface area (Å²) in [6.07, 6.45) is 7.98. The topological polar surface area (TPSA) is 25.2 Å². The van der Waals surface area contributed by atoms with Crippen molar-refractivity contribution < 1.29 is 4.42 Å². The van der Waals surface area contributed by atoms with Crippen molar-refractivity contribution in [1.29, 1.82) is 0 Å². The first-order valence-corrected chi connectivity index (χ1v) is 5.20. The first-order chi connectivity index (χ1) is 6.45. The van der Waals surface area contributed by atoms with E-state index >= 15 is 0 Å². The Bertz CT molecular complexity index is 276. The third-order valence-electron chi connectivity index (χ3n) is 3.66. The van der Waals surface area contributed by atoms with E-state index in [9.17, 15) is 0 Å². The summed E-state index contributed by atoms with van der Waals surface area (Å²) < 4.78 is 5.11. The van der Waals surface area contributed by atoms with Crippen LogP contribution in [0, 0.1) is 11.8 Å². The maximum absolute atomic E-state index is 5.11. The van der Waals surface area contributed by atoms with Gasteiger partial charge in [0.1, 0.15) is 0 Å². The first-order valence-electron chi connectivity index (χ1n) is 5.20. The molecule has 1 aliphatic heterocycles. The lowest BCUT2D eigenvalue weighted by atomic mass is 9.68. The van der Waals surface area contributed by atoms with Crippen LogP contribution in [0.1, 0.15) is 30.9 Å². The van der Waals surface area contributed by atoms with Crippen molar-refractivity contribution in [3.8, 4) is 0 Å². The summed E-state index contributed by atoms with van der Waals surface area (Å²) in [7, 11) is 0. The van der Waals surface area contributed by atoms with Crippen molar-refractivity contribution in [2.24, 2.45) is 11.8 Å². The summed E-state index contributed by atoms with van der Waals surface area (Å²) in [5.74, 6) is 1.87. The quantitative estimate of drug-likeness (QED) is 0.750. The second-order valence-corrected chi connectivity index (χ2v) is 4.30. The normalized spacial score (nSPS) is 33.8. The van der Waals surface area contributed by atoms with Gasteiger partial charge in [0, 0.05) is 18.2 Å². The summed E-state index contributed by atoms with van der Waals surface area (Å²) in [6, 6.07) is 2.67. The van der Waals surface area contributed by atoms with Gasteiger partial charge in [0.25, 0.3) is 0 Å². The van der Waals surface area contributed by atoms with Gasteiger partial charge in [-0.2, -0.15) is 0 Å². The SMILES string of the molecule is c1cc(C2NCC2C2CCC2)co1. The Labute approximate surface area is 78.3 Å². The fourth-order valence-corrected chi connectivity index (χ4v) is 2.50. The second kappa shape index (κ2) is 2.88. The minimum absolute atomic E-state index is 0.587. The highest BCUT2D eigenvalue weighted by Gasteiger charge is 2.40. The number of furan rings is 1. The summed E-state index contributed by atoms with van der Waals surface area (Å²) in [5, 5.41) is 3.49. The molecule has 1 aliphatic carbocycles. The monoisotopic (exact) mass is 177 g/mol. The van der Waals surface area contributed by atoms with Gasteiger partial charge in [-0.1, -0.05) is 19.3 Å². The molecule has 1 aromatic heterocycles. The van der Waals surface area contributed by atoms with Crippen molar-refractivity contribution in [2.75, 3.05) is 6.54 Å². The molecule has 70 valence electrons. The highest BCUT2D eigenvalue weighted by Crippen LogP contribution is 2.43. The summed E-state index contributed by atoms with van der Waals surface area (Å²) in [6.45, 7) is 1.21. The van der Waals surface area contributed by atoms with Gasteiger partial charge in [0.05, 0.1) is 12.5 Å². The predicted molar refractivity (Wildman–Crippen MR) is 50.3 cm³/mol. The van der Waals surface area contributed by atoms with Crippen molar-refractivity contribution in [2.45, 2.75) is 25.3 Å². The van der Waals surface area contributed by atoms with Crippen LogP contribution in [0.2, 0.25) is 0 Å². The average molecular weight is 177 g/mol. The lowest BCUT2D eigenvalue weighted by molar-refractivity contribution is 0.0938. The smallest absolute Gasteiger partial charge is 0.0950 e. The zero-order valence-electron chi connectivity index (χ0n) is 7.70. The maximum Gasteiger partial charge on any atom is 0.0950 e. The Balaban J connectivity index is 1.72. The predicted octanol–water partition coefficient (Wildman–Crippen LogP) is 2.34. The van der Waals surface area contributed by atoms with Gasteiger partial charge in [-0.3, -0.25) is 0 Å². The lowest BCUT2D eigenvalue weighted by Crippen LogP contribution is -2.50. The molecule has 1 N–H and O–H groups in total. The fourth-order valence-electron chi connectivity index (χ4n) is 2.50. The molecular formula is C11H15NO. The molecule has 2 heteroatoms. The van der Waals surface area contributed by atoms with E-state index in [1.807, 2.05) is 6.26 Å². The molecule has 1 aromatic rings. The van der Waals surface area contributed by atoms with Gasteiger partial charge < -0.3 is 9.73 Å². The van der Waals surface area contributed by atoms with E-state index in [-0.39, 0.29) is 0 Å². The molecule has 1 saturated carbocycles. The standard InChI is InChI=1S/C11H15NO/c1-2-8(3-1)10-6-12-11(10)9-4-5-13-7-9/h4-5,7-8,10-12H,1-3,6H2.